The number of rotatable bonds is 5. The van der Waals surface area contributed by atoms with E-state index < -0.39 is 0 Å². The van der Waals surface area contributed by atoms with Gasteiger partial charge in [0.1, 0.15) is 0 Å². The second-order valence-corrected chi connectivity index (χ2v) is 9.15. The van der Waals surface area contributed by atoms with Crippen molar-refractivity contribution >= 4 is 0 Å². The fourth-order valence-corrected chi connectivity index (χ4v) is 3.58. The maximum atomic E-state index is 5.92. The topological polar surface area (TPSA) is 15.7 Å². The average Bonchev–Trinajstić information content (AvgIpc) is 2.57. The predicted octanol–water partition coefficient (Wildman–Crippen LogP) is 3.39. The summed E-state index contributed by atoms with van der Waals surface area (Å²) in [4.78, 5) is 5.42. The van der Waals surface area contributed by atoms with Gasteiger partial charge in [-0.25, -0.2) is 0 Å². The van der Waals surface area contributed by atoms with Gasteiger partial charge in [-0.05, 0) is 52.0 Å². The van der Waals surface area contributed by atoms with E-state index in [0.717, 1.165) is 25.2 Å². The Morgan fingerprint density at radius 1 is 0.905 bits per heavy atom. The van der Waals surface area contributed by atoms with Gasteiger partial charge in [-0.2, -0.15) is 0 Å². The van der Waals surface area contributed by atoms with Crippen LogP contribution >= 0.6 is 0 Å². The number of hydrogen-bond acceptors (Lipinski definition) is 3. The third kappa shape index (κ3) is 5.54. The first-order chi connectivity index (χ1) is 9.64. The molecule has 2 aliphatic heterocycles. The molecule has 0 amide bonds. The second kappa shape index (κ2) is 6.55. The summed E-state index contributed by atoms with van der Waals surface area (Å²) in [5.74, 6) is 0. The Labute approximate surface area is 132 Å². The van der Waals surface area contributed by atoms with Gasteiger partial charge >= 0.3 is 0 Å². The number of piperazine rings is 1. The molecule has 0 aromatic heterocycles. The van der Waals surface area contributed by atoms with Gasteiger partial charge in [0.05, 0.1) is 12.2 Å². The van der Waals surface area contributed by atoms with Crippen LogP contribution in [0.4, 0.5) is 0 Å². The van der Waals surface area contributed by atoms with Gasteiger partial charge in [-0.1, -0.05) is 20.8 Å². The second-order valence-electron chi connectivity index (χ2n) is 9.15. The fraction of sp³-hybridized carbons (Fsp3) is 1.00. The summed E-state index contributed by atoms with van der Waals surface area (Å²) < 4.78 is 5.92. The highest BCUT2D eigenvalue weighted by atomic mass is 16.5. The van der Waals surface area contributed by atoms with Crippen LogP contribution in [0.25, 0.3) is 0 Å². The third-order valence-electron chi connectivity index (χ3n) is 4.77. The predicted molar refractivity (Wildman–Crippen MR) is 89.7 cm³/mol. The van der Waals surface area contributed by atoms with Crippen LogP contribution in [0, 0.1) is 5.41 Å². The Kier molecular flexibility index (Phi) is 5.38. The fourth-order valence-electron chi connectivity index (χ4n) is 3.58. The van der Waals surface area contributed by atoms with Crippen molar-refractivity contribution in [2.45, 2.75) is 78.5 Å². The number of nitrogens with zero attached hydrogens (tertiary/aromatic N) is 2. The first-order valence-electron chi connectivity index (χ1n) is 8.76. The Morgan fingerprint density at radius 3 is 1.95 bits per heavy atom. The van der Waals surface area contributed by atoms with Crippen molar-refractivity contribution in [2.75, 3.05) is 32.8 Å². The van der Waals surface area contributed by atoms with Crippen molar-refractivity contribution in [1.29, 1.82) is 0 Å². The van der Waals surface area contributed by atoms with Crippen LogP contribution < -0.4 is 0 Å². The summed E-state index contributed by atoms with van der Waals surface area (Å²) >= 11 is 0. The number of hydrogen-bond donors (Lipinski definition) is 0. The molecule has 0 aliphatic carbocycles. The molecule has 0 N–H and O–H groups in total. The van der Waals surface area contributed by atoms with Crippen molar-refractivity contribution in [1.82, 2.24) is 9.80 Å². The zero-order chi connectivity index (χ0) is 15.7. The minimum atomic E-state index is -0.00637. The molecule has 3 nitrogen and oxygen atoms in total. The highest BCUT2D eigenvalue weighted by Gasteiger charge is 2.39. The van der Waals surface area contributed by atoms with Gasteiger partial charge in [0.25, 0.3) is 0 Å². The molecule has 2 bridgehead atoms. The molecular formula is C18H36N2O. The minimum absolute atomic E-state index is 0.00637. The quantitative estimate of drug-likeness (QED) is 0.773. The van der Waals surface area contributed by atoms with E-state index in [9.17, 15) is 0 Å². The van der Waals surface area contributed by atoms with Gasteiger partial charge in [0.2, 0.25) is 0 Å². The molecule has 2 atom stereocenters. The Morgan fingerprint density at radius 2 is 1.48 bits per heavy atom. The summed E-state index contributed by atoms with van der Waals surface area (Å²) in [5.41, 5.74) is 0.449. The third-order valence-corrected chi connectivity index (χ3v) is 4.77. The van der Waals surface area contributed by atoms with Crippen LogP contribution in [0.3, 0.4) is 0 Å². The van der Waals surface area contributed by atoms with Crippen LogP contribution in [0.5, 0.6) is 0 Å². The normalized spacial score (nSPS) is 28.3. The molecule has 0 radical (unpaired) electrons. The van der Waals surface area contributed by atoms with E-state index >= 15 is 0 Å². The Bertz CT molecular complexity index is 315. The molecule has 3 heteroatoms. The van der Waals surface area contributed by atoms with Crippen LogP contribution in [-0.4, -0.2) is 60.3 Å². The molecule has 0 aromatic rings. The highest BCUT2D eigenvalue weighted by Crippen LogP contribution is 2.31. The van der Waals surface area contributed by atoms with E-state index in [1.165, 1.54) is 38.9 Å². The Hall–Kier alpha value is -0.120. The SMILES string of the molecule is CC(C)(C)CCN1CC2CCC(C1)N2CCOC(C)(C)C. The lowest BCUT2D eigenvalue weighted by atomic mass is 9.92. The summed E-state index contributed by atoms with van der Waals surface area (Å²) in [5, 5.41) is 0. The van der Waals surface area contributed by atoms with E-state index in [2.05, 4.69) is 51.3 Å². The zero-order valence-electron chi connectivity index (χ0n) is 15.1. The maximum absolute atomic E-state index is 5.92. The first-order valence-corrected chi connectivity index (χ1v) is 8.76. The summed E-state index contributed by atoms with van der Waals surface area (Å²) in [6, 6.07) is 1.54. The van der Waals surface area contributed by atoms with Crippen molar-refractivity contribution in [3.05, 3.63) is 0 Å². The van der Waals surface area contributed by atoms with Gasteiger partial charge < -0.3 is 9.64 Å². The molecule has 0 aromatic carbocycles. The summed E-state index contributed by atoms with van der Waals surface area (Å²) in [6.07, 6.45) is 4.07. The summed E-state index contributed by atoms with van der Waals surface area (Å²) in [6.45, 7) is 19.3. The van der Waals surface area contributed by atoms with Crippen LogP contribution in [0.1, 0.15) is 60.8 Å². The first kappa shape index (κ1) is 17.2. The van der Waals surface area contributed by atoms with E-state index in [4.69, 9.17) is 4.74 Å². The molecule has 2 fully saturated rings. The molecular weight excluding hydrogens is 260 g/mol. The number of fused-ring (bicyclic) bond motifs is 2. The van der Waals surface area contributed by atoms with Crippen molar-refractivity contribution < 1.29 is 4.74 Å². The van der Waals surface area contributed by atoms with Crippen LogP contribution in [0.15, 0.2) is 0 Å². The lowest BCUT2D eigenvalue weighted by Gasteiger charge is -2.42. The van der Waals surface area contributed by atoms with Gasteiger partial charge in [0, 0.05) is 31.7 Å². The number of likely N-dealkylation sites (tertiary alicyclic amines) is 1. The van der Waals surface area contributed by atoms with Gasteiger partial charge in [0.15, 0.2) is 0 Å². The molecule has 0 spiro atoms. The van der Waals surface area contributed by atoms with Crippen molar-refractivity contribution in [2.24, 2.45) is 5.41 Å². The summed E-state index contributed by atoms with van der Waals surface area (Å²) in [7, 11) is 0. The zero-order valence-corrected chi connectivity index (χ0v) is 15.1. The molecule has 2 unspecified atom stereocenters. The van der Waals surface area contributed by atoms with Gasteiger partial charge in [-0.3, -0.25) is 4.90 Å². The van der Waals surface area contributed by atoms with Crippen LogP contribution in [-0.2, 0) is 4.74 Å². The van der Waals surface area contributed by atoms with Crippen molar-refractivity contribution in [3.8, 4) is 0 Å². The standard InChI is InChI=1S/C18H36N2O/c1-17(2,3)9-10-19-13-15-7-8-16(14-19)20(15)11-12-21-18(4,5)6/h15-16H,7-14H2,1-6H3. The monoisotopic (exact) mass is 296 g/mol. The molecule has 0 saturated carbocycles. The number of ether oxygens (including phenoxy) is 1. The smallest absolute Gasteiger partial charge is 0.0600 e. The largest absolute Gasteiger partial charge is 0.375 e. The molecule has 2 heterocycles. The van der Waals surface area contributed by atoms with E-state index in [1.807, 2.05) is 0 Å². The Balaban J connectivity index is 1.77. The molecule has 2 saturated heterocycles. The van der Waals surface area contributed by atoms with Crippen LogP contribution in [0.2, 0.25) is 0 Å². The maximum Gasteiger partial charge on any atom is 0.0600 e. The molecule has 2 aliphatic rings. The lowest BCUT2D eigenvalue weighted by molar-refractivity contribution is -0.0297. The van der Waals surface area contributed by atoms with Crippen molar-refractivity contribution in [3.63, 3.8) is 0 Å². The van der Waals surface area contributed by atoms with E-state index in [0.29, 0.717) is 5.41 Å². The molecule has 21 heavy (non-hydrogen) atoms. The van der Waals surface area contributed by atoms with E-state index in [1.54, 1.807) is 0 Å². The van der Waals surface area contributed by atoms with E-state index in [-0.39, 0.29) is 5.60 Å². The minimum Gasteiger partial charge on any atom is -0.375 e. The van der Waals surface area contributed by atoms with Gasteiger partial charge in [-0.15, -0.1) is 0 Å². The molecule has 124 valence electrons. The lowest BCUT2D eigenvalue weighted by Crippen LogP contribution is -2.54. The highest BCUT2D eigenvalue weighted by molar-refractivity contribution is 4.95. The average molecular weight is 296 g/mol. The molecule has 2 rings (SSSR count).